The number of carbonyl (C=O) groups is 1. The number of hydrogen-bond donors (Lipinski definition) is 1. The van der Waals surface area contributed by atoms with Gasteiger partial charge in [-0.2, -0.15) is 0 Å². The average molecular weight is 361 g/mol. The maximum Gasteiger partial charge on any atom is 0.254 e. The predicted octanol–water partition coefficient (Wildman–Crippen LogP) is 3.42. The van der Waals surface area contributed by atoms with Crippen molar-refractivity contribution in [3.05, 3.63) is 71.9 Å². The Kier molecular flexibility index (Phi) is 4.87. The molecule has 27 heavy (non-hydrogen) atoms. The summed E-state index contributed by atoms with van der Waals surface area (Å²) in [5.41, 5.74) is 2.93. The molecule has 1 aliphatic heterocycles. The van der Waals surface area contributed by atoms with Gasteiger partial charge in [-0.05, 0) is 49.6 Å². The van der Waals surface area contributed by atoms with E-state index in [1.54, 1.807) is 18.5 Å². The first-order chi connectivity index (χ1) is 13.2. The van der Waals surface area contributed by atoms with E-state index in [0.29, 0.717) is 12.1 Å². The second-order valence-corrected chi connectivity index (χ2v) is 6.79. The van der Waals surface area contributed by atoms with Crippen LogP contribution in [0.25, 0.3) is 5.69 Å². The monoisotopic (exact) mass is 361 g/mol. The highest BCUT2D eigenvalue weighted by Crippen LogP contribution is 2.16. The van der Waals surface area contributed by atoms with Gasteiger partial charge >= 0.3 is 0 Å². The number of likely N-dealkylation sites (tertiary alicyclic amines) is 1. The Morgan fingerprint density at radius 2 is 1.85 bits per heavy atom. The normalized spacial score (nSPS) is 13.7. The fourth-order valence-electron chi connectivity index (χ4n) is 3.38. The molecule has 6 nitrogen and oxygen atoms in total. The quantitative estimate of drug-likeness (QED) is 0.756. The van der Waals surface area contributed by atoms with E-state index in [0.717, 1.165) is 48.8 Å². The molecule has 1 saturated heterocycles. The highest BCUT2D eigenvalue weighted by atomic mass is 16.2. The number of nitrogens with zero attached hydrogens (tertiary/aromatic N) is 4. The second kappa shape index (κ2) is 7.61. The van der Waals surface area contributed by atoms with Gasteiger partial charge in [0.05, 0.1) is 0 Å². The molecule has 3 aromatic rings. The van der Waals surface area contributed by atoms with Crippen molar-refractivity contribution in [1.29, 1.82) is 0 Å². The summed E-state index contributed by atoms with van der Waals surface area (Å²) < 4.78 is 2.05. The van der Waals surface area contributed by atoms with Crippen LogP contribution >= 0.6 is 0 Å². The van der Waals surface area contributed by atoms with Gasteiger partial charge in [0.1, 0.15) is 11.6 Å². The molecule has 0 atom stereocenters. The molecule has 0 aliphatic carbocycles. The first-order valence-corrected chi connectivity index (χ1v) is 9.29. The van der Waals surface area contributed by atoms with Gasteiger partial charge in [0, 0.05) is 49.5 Å². The average Bonchev–Trinajstić information content (AvgIpc) is 3.38. The topological polar surface area (TPSA) is 63.1 Å². The molecule has 1 aromatic carbocycles. The molecule has 0 bridgehead atoms. The number of rotatable bonds is 5. The number of benzene rings is 1. The van der Waals surface area contributed by atoms with Crippen LogP contribution in [0.3, 0.4) is 0 Å². The zero-order valence-electron chi connectivity index (χ0n) is 15.4. The van der Waals surface area contributed by atoms with Gasteiger partial charge in [0.2, 0.25) is 0 Å². The highest BCUT2D eigenvalue weighted by molar-refractivity contribution is 5.95. The second-order valence-electron chi connectivity index (χ2n) is 6.79. The number of amides is 1. The number of nitrogens with one attached hydrogen (secondary N) is 1. The van der Waals surface area contributed by atoms with E-state index in [9.17, 15) is 4.79 Å². The molecule has 0 unspecified atom stereocenters. The Morgan fingerprint density at radius 1 is 1.07 bits per heavy atom. The van der Waals surface area contributed by atoms with Crippen molar-refractivity contribution >= 4 is 11.7 Å². The lowest BCUT2D eigenvalue weighted by atomic mass is 10.2. The molecule has 0 radical (unpaired) electrons. The van der Waals surface area contributed by atoms with Gasteiger partial charge in [-0.15, -0.1) is 0 Å². The minimum atomic E-state index is 0.0954. The third-order valence-electron chi connectivity index (χ3n) is 4.91. The maximum atomic E-state index is 12.5. The van der Waals surface area contributed by atoms with E-state index in [-0.39, 0.29) is 5.91 Å². The van der Waals surface area contributed by atoms with Gasteiger partial charge in [0.25, 0.3) is 5.91 Å². The zero-order chi connectivity index (χ0) is 18.6. The van der Waals surface area contributed by atoms with E-state index < -0.39 is 0 Å². The van der Waals surface area contributed by atoms with E-state index in [2.05, 4.69) is 39.6 Å². The molecule has 0 saturated carbocycles. The van der Waals surface area contributed by atoms with Gasteiger partial charge in [-0.3, -0.25) is 4.79 Å². The molecule has 0 spiro atoms. The van der Waals surface area contributed by atoms with Gasteiger partial charge in [-0.1, -0.05) is 12.1 Å². The summed E-state index contributed by atoms with van der Waals surface area (Å²) in [6.45, 7) is 4.34. The summed E-state index contributed by atoms with van der Waals surface area (Å²) in [7, 11) is 0. The van der Waals surface area contributed by atoms with E-state index in [4.69, 9.17) is 0 Å². The number of aryl methyl sites for hydroxylation is 1. The molecule has 3 heterocycles. The van der Waals surface area contributed by atoms with Crippen molar-refractivity contribution in [2.75, 3.05) is 18.4 Å². The smallest absolute Gasteiger partial charge is 0.254 e. The summed E-state index contributed by atoms with van der Waals surface area (Å²) in [5, 5.41) is 3.31. The van der Waals surface area contributed by atoms with E-state index in [1.807, 2.05) is 28.7 Å². The third-order valence-corrected chi connectivity index (χ3v) is 4.91. The van der Waals surface area contributed by atoms with Crippen LogP contribution < -0.4 is 5.32 Å². The van der Waals surface area contributed by atoms with Crippen molar-refractivity contribution in [2.24, 2.45) is 0 Å². The fourth-order valence-corrected chi connectivity index (χ4v) is 3.38. The van der Waals surface area contributed by atoms with Crippen molar-refractivity contribution < 1.29 is 4.79 Å². The van der Waals surface area contributed by atoms with Crippen molar-refractivity contribution in [1.82, 2.24) is 19.4 Å². The van der Waals surface area contributed by atoms with Crippen molar-refractivity contribution in [3.8, 4) is 5.69 Å². The Morgan fingerprint density at radius 3 is 2.56 bits per heavy atom. The summed E-state index contributed by atoms with van der Waals surface area (Å²) in [6.07, 6.45) is 7.63. The van der Waals surface area contributed by atoms with Crippen LogP contribution in [0.1, 0.15) is 34.6 Å². The number of anilines is 1. The third kappa shape index (κ3) is 3.84. The van der Waals surface area contributed by atoms with Crippen LogP contribution in [-0.2, 0) is 6.54 Å². The van der Waals surface area contributed by atoms with Gasteiger partial charge in [0.15, 0.2) is 0 Å². The molecule has 138 valence electrons. The van der Waals surface area contributed by atoms with Gasteiger partial charge < -0.3 is 14.8 Å². The maximum absolute atomic E-state index is 12.5. The molecule has 2 aromatic heterocycles. The summed E-state index contributed by atoms with van der Waals surface area (Å²) in [5.74, 6) is 1.78. The number of pyridine rings is 1. The van der Waals surface area contributed by atoms with E-state index >= 15 is 0 Å². The molecular weight excluding hydrogens is 338 g/mol. The Labute approximate surface area is 158 Å². The summed E-state index contributed by atoms with van der Waals surface area (Å²) >= 11 is 0. The first kappa shape index (κ1) is 17.3. The molecule has 4 rings (SSSR count). The molecule has 1 N–H and O–H groups in total. The fraction of sp³-hybridized carbons (Fsp3) is 0.286. The van der Waals surface area contributed by atoms with Gasteiger partial charge in [-0.25, -0.2) is 9.97 Å². The molecule has 6 heteroatoms. The lowest BCUT2D eigenvalue weighted by Crippen LogP contribution is -2.27. The number of hydrogen-bond acceptors (Lipinski definition) is 4. The van der Waals surface area contributed by atoms with Crippen LogP contribution in [0, 0.1) is 6.92 Å². The largest absolute Gasteiger partial charge is 0.366 e. The molecule has 1 fully saturated rings. The lowest BCUT2D eigenvalue weighted by molar-refractivity contribution is 0.0793. The number of imidazole rings is 1. The van der Waals surface area contributed by atoms with Crippen molar-refractivity contribution in [2.45, 2.75) is 26.3 Å². The van der Waals surface area contributed by atoms with Crippen molar-refractivity contribution in [3.63, 3.8) is 0 Å². The molecular formula is C21H23N5O. The van der Waals surface area contributed by atoms with Crippen LogP contribution in [-0.4, -0.2) is 38.4 Å². The van der Waals surface area contributed by atoms with Crippen LogP contribution in [0.15, 0.2) is 55.0 Å². The summed E-state index contributed by atoms with van der Waals surface area (Å²) in [4.78, 5) is 23.0. The Bertz CT molecular complexity index is 926. The number of aromatic nitrogens is 3. The van der Waals surface area contributed by atoms with Crippen LogP contribution in [0.5, 0.6) is 0 Å². The first-order valence-electron chi connectivity index (χ1n) is 9.29. The predicted molar refractivity (Wildman–Crippen MR) is 105 cm³/mol. The van der Waals surface area contributed by atoms with Crippen LogP contribution in [0.4, 0.5) is 5.82 Å². The molecule has 1 amide bonds. The minimum Gasteiger partial charge on any atom is -0.366 e. The SMILES string of the molecule is Cc1nccn1-c1ccc(CNc2cc(C(=O)N3CCCC3)ccn2)cc1. The number of carbonyl (C=O) groups excluding carboxylic acids is 1. The standard InChI is InChI=1S/C21H23N5O/c1-16-22-10-13-26(16)19-6-4-17(5-7-19)15-24-20-14-18(8-9-23-20)21(27)25-11-2-3-12-25/h4-10,13-14H,2-3,11-12,15H2,1H3,(H,23,24). The zero-order valence-corrected chi connectivity index (χ0v) is 15.4. The summed E-state index contributed by atoms with van der Waals surface area (Å²) in [6, 6.07) is 11.9. The minimum absolute atomic E-state index is 0.0954. The Hall–Kier alpha value is -3.15. The van der Waals surface area contributed by atoms with E-state index in [1.165, 1.54) is 0 Å². The van der Waals surface area contributed by atoms with Crippen LogP contribution in [0.2, 0.25) is 0 Å². The molecule has 1 aliphatic rings. The highest BCUT2D eigenvalue weighted by Gasteiger charge is 2.19. The Balaban J connectivity index is 1.40. The lowest BCUT2D eigenvalue weighted by Gasteiger charge is -2.15.